The van der Waals surface area contributed by atoms with E-state index in [1.807, 2.05) is 0 Å². The van der Waals surface area contributed by atoms with Crippen LogP contribution in [0.1, 0.15) is 68.9 Å². The highest BCUT2D eigenvalue weighted by Gasteiger charge is 2.44. The van der Waals surface area contributed by atoms with Crippen molar-refractivity contribution in [2.45, 2.75) is 57.8 Å². The fourth-order valence-electron chi connectivity index (χ4n) is 4.93. The van der Waals surface area contributed by atoms with Crippen LogP contribution in [-0.4, -0.2) is 11.0 Å². The van der Waals surface area contributed by atoms with Crippen molar-refractivity contribution in [2.24, 2.45) is 0 Å². The van der Waals surface area contributed by atoms with Crippen molar-refractivity contribution in [3.05, 3.63) is 96.1 Å². The first-order chi connectivity index (χ1) is 15.3. The Bertz CT molecular complexity index is 873. The van der Waals surface area contributed by atoms with Crippen molar-refractivity contribution < 1.29 is 0 Å². The molecule has 1 unspecified atom stereocenters. The van der Waals surface area contributed by atoms with Crippen LogP contribution in [0.25, 0.3) is 0 Å². The number of rotatable bonds is 9. The van der Waals surface area contributed by atoms with Crippen molar-refractivity contribution in [1.82, 2.24) is 4.44 Å². The standard InChI is InChI=1S/C28H35NP2/c1-4-7-22-29(30(23-16-10-8-11-17-23)24-18-12-9-13-19-24)31-27(5-2)25-20-14-15-21-26(25)28(31)6-3/h8-21,27-28H,4-7,22H2,1-3H3/t27-,28+,31?. The van der Waals surface area contributed by atoms with E-state index in [2.05, 4.69) is 110 Å². The molecule has 162 valence electrons. The summed E-state index contributed by atoms with van der Waals surface area (Å²) < 4.78 is 3.00. The minimum absolute atomic E-state index is 0.299. The molecule has 3 aromatic carbocycles. The Balaban J connectivity index is 1.85. The highest BCUT2D eigenvalue weighted by molar-refractivity contribution is 7.79. The van der Waals surface area contributed by atoms with E-state index in [0.29, 0.717) is 11.3 Å². The number of nitrogens with zero attached hydrogens (tertiary/aromatic N) is 1. The van der Waals surface area contributed by atoms with Gasteiger partial charge in [0.1, 0.15) is 0 Å². The van der Waals surface area contributed by atoms with E-state index in [4.69, 9.17) is 0 Å². The van der Waals surface area contributed by atoms with Gasteiger partial charge in [0.15, 0.2) is 0 Å². The second kappa shape index (κ2) is 10.9. The molecule has 0 saturated heterocycles. The molecule has 0 N–H and O–H groups in total. The number of unbranched alkanes of at least 4 members (excludes halogenated alkanes) is 1. The van der Waals surface area contributed by atoms with E-state index in [1.165, 1.54) is 42.8 Å². The van der Waals surface area contributed by atoms with Gasteiger partial charge >= 0.3 is 0 Å². The Morgan fingerprint density at radius 1 is 0.677 bits per heavy atom. The molecule has 1 aliphatic heterocycles. The molecule has 1 heterocycles. The summed E-state index contributed by atoms with van der Waals surface area (Å²) in [4.78, 5) is 0. The van der Waals surface area contributed by atoms with Crippen LogP contribution in [0, 0.1) is 0 Å². The lowest BCUT2D eigenvalue weighted by molar-refractivity contribution is 0.623. The number of hydrogen-bond acceptors (Lipinski definition) is 1. The molecule has 31 heavy (non-hydrogen) atoms. The Kier molecular flexibility index (Phi) is 7.95. The van der Waals surface area contributed by atoms with Gasteiger partial charge in [0.2, 0.25) is 0 Å². The number of fused-ring (bicyclic) bond motifs is 1. The maximum Gasteiger partial charge on any atom is 0.0318 e. The first-order valence-electron chi connectivity index (χ1n) is 11.8. The van der Waals surface area contributed by atoms with E-state index in [-0.39, 0.29) is 8.07 Å². The molecule has 0 amide bonds. The molecule has 0 fully saturated rings. The summed E-state index contributed by atoms with van der Waals surface area (Å²) >= 11 is 0. The van der Waals surface area contributed by atoms with E-state index in [1.54, 1.807) is 11.1 Å². The van der Waals surface area contributed by atoms with Gasteiger partial charge in [-0.3, -0.25) is 4.44 Å². The highest BCUT2D eigenvalue weighted by Crippen LogP contribution is 2.76. The Morgan fingerprint density at radius 2 is 1.13 bits per heavy atom. The van der Waals surface area contributed by atoms with Gasteiger partial charge < -0.3 is 0 Å². The molecule has 0 bridgehead atoms. The van der Waals surface area contributed by atoms with Gasteiger partial charge in [0.25, 0.3) is 0 Å². The zero-order chi connectivity index (χ0) is 21.6. The first kappa shape index (κ1) is 22.7. The van der Waals surface area contributed by atoms with Crippen LogP contribution in [0.5, 0.6) is 0 Å². The van der Waals surface area contributed by atoms with Crippen molar-refractivity contribution in [3.8, 4) is 0 Å². The second-order valence-corrected chi connectivity index (χ2v) is 13.2. The average molecular weight is 448 g/mol. The quantitative estimate of drug-likeness (QED) is 0.299. The van der Waals surface area contributed by atoms with Crippen molar-refractivity contribution >= 4 is 26.8 Å². The molecule has 0 radical (unpaired) electrons. The zero-order valence-corrected chi connectivity index (χ0v) is 20.9. The molecular weight excluding hydrogens is 412 g/mol. The maximum absolute atomic E-state index is 3.00. The largest absolute Gasteiger partial charge is 0.251 e. The highest BCUT2D eigenvalue weighted by atomic mass is 31.2. The van der Waals surface area contributed by atoms with Gasteiger partial charge in [-0.05, 0) is 49.1 Å². The molecule has 0 aromatic heterocycles. The van der Waals surface area contributed by atoms with Crippen LogP contribution < -0.4 is 10.6 Å². The zero-order valence-electron chi connectivity index (χ0n) is 19.1. The van der Waals surface area contributed by atoms with Gasteiger partial charge in [-0.25, -0.2) is 0 Å². The molecule has 4 rings (SSSR count). The van der Waals surface area contributed by atoms with Gasteiger partial charge in [-0.1, -0.05) is 112 Å². The molecular formula is C28H35NP2. The summed E-state index contributed by atoms with van der Waals surface area (Å²) in [5.74, 6) is 0. The van der Waals surface area contributed by atoms with Crippen LogP contribution in [0.3, 0.4) is 0 Å². The van der Waals surface area contributed by atoms with Crippen molar-refractivity contribution in [2.75, 3.05) is 6.54 Å². The smallest absolute Gasteiger partial charge is 0.0318 e. The van der Waals surface area contributed by atoms with Crippen LogP contribution in [0.15, 0.2) is 84.9 Å². The van der Waals surface area contributed by atoms with Crippen molar-refractivity contribution in [3.63, 3.8) is 0 Å². The summed E-state index contributed by atoms with van der Waals surface area (Å²) in [7, 11) is -0.841. The maximum atomic E-state index is 3.00. The lowest BCUT2D eigenvalue weighted by atomic mass is 10.00. The third-order valence-corrected chi connectivity index (χ3v) is 13.0. The van der Waals surface area contributed by atoms with E-state index >= 15 is 0 Å². The SMILES string of the molecule is CCCCN(P(c1ccccc1)c1ccccc1)P1[C@H](CC)c2ccccc2[C@@H]1CC. The fraction of sp³-hybridized carbons (Fsp3) is 0.357. The fourth-order valence-corrected chi connectivity index (χ4v) is 12.4. The molecule has 1 aliphatic rings. The number of benzene rings is 3. The summed E-state index contributed by atoms with van der Waals surface area (Å²) in [5, 5.41) is 2.98. The molecule has 0 aliphatic carbocycles. The summed E-state index contributed by atoms with van der Waals surface area (Å²) in [6, 6.07) is 32.0. The van der Waals surface area contributed by atoms with E-state index in [9.17, 15) is 0 Å². The Morgan fingerprint density at radius 3 is 1.55 bits per heavy atom. The Labute approximate surface area is 191 Å². The van der Waals surface area contributed by atoms with Gasteiger partial charge in [-0.2, -0.15) is 0 Å². The van der Waals surface area contributed by atoms with E-state index < -0.39 is 8.07 Å². The third kappa shape index (κ3) is 4.66. The summed E-state index contributed by atoms with van der Waals surface area (Å²) in [6.07, 6.45) is 4.97. The normalized spacial score (nSPS) is 20.4. The van der Waals surface area contributed by atoms with Crippen LogP contribution >= 0.6 is 16.1 Å². The van der Waals surface area contributed by atoms with Crippen LogP contribution in [-0.2, 0) is 0 Å². The van der Waals surface area contributed by atoms with E-state index in [0.717, 1.165) is 0 Å². The Hall–Kier alpha value is -1.52. The summed E-state index contributed by atoms with van der Waals surface area (Å²) in [5.41, 5.74) is 4.59. The predicted molar refractivity (Wildman–Crippen MR) is 140 cm³/mol. The first-order valence-corrected chi connectivity index (χ1v) is 14.6. The minimum atomic E-state index is -0.542. The number of hydrogen-bond donors (Lipinski definition) is 0. The monoisotopic (exact) mass is 447 g/mol. The predicted octanol–water partition coefficient (Wildman–Crippen LogP) is 8.15. The second-order valence-electron chi connectivity index (χ2n) is 8.29. The lowest BCUT2D eigenvalue weighted by Crippen LogP contribution is -2.27. The van der Waals surface area contributed by atoms with Crippen LogP contribution in [0.4, 0.5) is 0 Å². The molecule has 0 saturated carbocycles. The minimum Gasteiger partial charge on any atom is -0.251 e. The molecule has 3 aromatic rings. The molecule has 1 nitrogen and oxygen atoms in total. The molecule has 0 spiro atoms. The topological polar surface area (TPSA) is 3.24 Å². The van der Waals surface area contributed by atoms with Crippen molar-refractivity contribution in [1.29, 1.82) is 0 Å². The van der Waals surface area contributed by atoms with Gasteiger partial charge in [0.05, 0.1) is 0 Å². The van der Waals surface area contributed by atoms with Gasteiger partial charge in [-0.15, -0.1) is 0 Å². The lowest BCUT2D eigenvalue weighted by Gasteiger charge is -2.42. The summed E-state index contributed by atoms with van der Waals surface area (Å²) in [6.45, 7) is 8.33. The van der Waals surface area contributed by atoms with Gasteiger partial charge in [0, 0.05) is 25.9 Å². The third-order valence-electron chi connectivity index (χ3n) is 6.34. The van der Waals surface area contributed by atoms with Crippen LogP contribution in [0.2, 0.25) is 0 Å². The average Bonchev–Trinajstić information content (AvgIpc) is 3.16. The molecule has 3 heteroatoms. The molecule has 3 atom stereocenters.